The van der Waals surface area contributed by atoms with Gasteiger partial charge in [-0.3, -0.25) is 14.5 Å². The molecule has 3 unspecified atom stereocenters. The molecule has 0 aliphatic carbocycles. The second-order valence-corrected chi connectivity index (χ2v) is 13.1. The van der Waals surface area contributed by atoms with Crippen LogP contribution in [-0.2, 0) is 36.2 Å². The van der Waals surface area contributed by atoms with Gasteiger partial charge < -0.3 is 36.3 Å². The lowest BCUT2D eigenvalue weighted by atomic mass is 9.89. The average molecular weight is 736 g/mol. The Morgan fingerprint density at radius 2 is 1.98 bits per heavy atom. The number of aromatic nitrogens is 2. The number of nitrogens with zero attached hydrogens (tertiary/aromatic N) is 4. The zero-order valence-electron chi connectivity index (χ0n) is 24.9. The number of hydrogen-bond acceptors (Lipinski definition) is 13. The first kappa shape index (κ1) is 35.1. The highest BCUT2D eigenvalue weighted by atomic mass is 32.2. The van der Waals surface area contributed by atoms with Gasteiger partial charge in [-0.2, -0.15) is 0 Å². The highest BCUT2D eigenvalue weighted by molar-refractivity contribution is 8.00. The van der Waals surface area contributed by atoms with E-state index in [2.05, 4.69) is 15.5 Å². The van der Waals surface area contributed by atoms with E-state index in [4.69, 9.17) is 10.6 Å². The number of hydrogen-bond donors (Lipinski definition) is 6. The average Bonchev–Trinajstić information content (AvgIpc) is 3.52. The minimum absolute atomic E-state index is 0.200. The summed E-state index contributed by atoms with van der Waals surface area (Å²) < 4.78 is 31.3. The molecule has 2 aliphatic rings. The van der Waals surface area contributed by atoms with E-state index in [1.807, 2.05) is 35.3 Å². The van der Waals surface area contributed by atoms with Crippen LogP contribution in [0.2, 0.25) is 0 Å². The molecule has 3 aromatic rings. The Bertz CT molecular complexity index is 1940. The van der Waals surface area contributed by atoms with Crippen LogP contribution in [0.3, 0.4) is 0 Å². The van der Waals surface area contributed by atoms with Crippen molar-refractivity contribution in [1.82, 2.24) is 15.2 Å². The third kappa shape index (κ3) is 6.61. The number of benzene rings is 1. The number of amides is 2. The fourth-order valence-corrected chi connectivity index (χ4v) is 7.25. The normalized spacial score (nSPS) is 18.7. The lowest BCUT2D eigenvalue weighted by Gasteiger charge is -2.49. The van der Waals surface area contributed by atoms with Gasteiger partial charge in [0, 0.05) is 28.2 Å². The summed E-state index contributed by atoms with van der Waals surface area (Å²) in [7, 11) is 0. The van der Waals surface area contributed by atoms with E-state index in [-0.39, 0.29) is 22.6 Å². The molecule has 2 amide bonds. The van der Waals surface area contributed by atoms with Crippen LogP contribution in [-0.4, -0.2) is 83.7 Å². The number of anilines is 1. The van der Waals surface area contributed by atoms with Gasteiger partial charge in [-0.25, -0.2) is 27.9 Å². The molecule has 15 nitrogen and oxygen atoms in total. The molecule has 5 rings (SSSR count). The number of allylic oxidation sites excluding steroid dienone is 2. The number of rotatable bonds is 12. The zero-order chi connectivity index (χ0) is 35.6. The number of phenolic OH excluding ortho intramolecular Hbond substituents is 2. The summed E-state index contributed by atoms with van der Waals surface area (Å²) in [5.41, 5.74) is 0.843. The lowest BCUT2D eigenvalue weighted by molar-refractivity contribution is -0.687. The fourth-order valence-electron chi connectivity index (χ4n) is 4.94. The molecule has 3 atom stereocenters. The SMILES string of the molecule is CSc1cc[n+](CC=CC2=C(C(=O)O)N3C(=O)C(NC(=O)C=NOC(C(=O)O)(c4csc(N)n4)c4cc(F)c(O)c(O)c4F)C3SC2)cc1. The number of carboxylic acids is 2. The van der Waals surface area contributed by atoms with Crippen molar-refractivity contribution in [2.24, 2.45) is 5.16 Å². The van der Waals surface area contributed by atoms with Gasteiger partial charge in [0.1, 0.15) is 29.0 Å². The van der Waals surface area contributed by atoms with Crippen LogP contribution in [0.25, 0.3) is 0 Å². The maximum absolute atomic E-state index is 15.1. The Morgan fingerprint density at radius 3 is 2.59 bits per heavy atom. The highest BCUT2D eigenvalue weighted by Crippen LogP contribution is 2.43. The standard InChI is InChI=1S/C29H24F2N6O9S3/c1-47-14-4-7-36(8-5-14)6-2-3-13-11-48-25-20(24(41)37(25)21(13)26(42)43)35-18(38)10-33-46-29(27(44)45,17-12-49-28(32)34-17)15-9-16(30)22(39)23(40)19(15)31/h2-5,7-10,12,20,25H,6,11H2,1H3,(H6-,32,33,34,35,38,39,40,42,43,44,45)/p+1. The predicted octanol–water partition coefficient (Wildman–Crippen LogP) is 1.75. The van der Waals surface area contributed by atoms with Crippen molar-refractivity contribution >= 4 is 70.0 Å². The number of phenols is 2. The molecule has 20 heteroatoms. The molecule has 256 valence electrons. The first-order valence-electron chi connectivity index (χ1n) is 13.8. The van der Waals surface area contributed by atoms with Crippen LogP contribution >= 0.6 is 34.9 Å². The molecule has 49 heavy (non-hydrogen) atoms. The number of nitrogens with two attached hydrogens (primary N) is 1. The van der Waals surface area contributed by atoms with E-state index in [0.717, 1.165) is 15.2 Å². The fraction of sp³-hybridized carbons (Fsp3) is 0.207. The quantitative estimate of drug-likeness (QED) is 0.0390. The van der Waals surface area contributed by atoms with E-state index in [1.54, 1.807) is 23.9 Å². The number of carbonyl (C=O) groups is 4. The number of nitrogen functional groups attached to an aromatic ring is 1. The Morgan fingerprint density at radius 1 is 1.27 bits per heavy atom. The van der Waals surface area contributed by atoms with Crippen molar-refractivity contribution < 1.29 is 57.8 Å². The number of thiazole rings is 1. The van der Waals surface area contributed by atoms with Gasteiger partial charge in [-0.1, -0.05) is 11.2 Å². The van der Waals surface area contributed by atoms with Gasteiger partial charge in [-0.05, 0) is 24.0 Å². The minimum atomic E-state index is -3.12. The van der Waals surface area contributed by atoms with Crippen LogP contribution < -0.4 is 15.6 Å². The molecule has 0 bridgehead atoms. The Kier molecular flexibility index (Phi) is 10.1. The monoisotopic (exact) mass is 735 g/mol. The van der Waals surface area contributed by atoms with E-state index in [1.165, 1.54) is 11.8 Å². The summed E-state index contributed by atoms with van der Waals surface area (Å²) in [5, 5.41) is 45.2. The minimum Gasteiger partial charge on any atom is -0.502 e. The molecule has 1 saturated heterocycles. The van der Waals surface area contributed by atoms with E-state index in [9.17, 15) is 44.0 Å². The van der Waals surface area contributed by atoms with Crippen LogP contribution in [0.5, 0.6) is 11.5 Å². The van der Waals surface area contributed by atoms with Crippen molar-refractivity contribution in [3.63, 3.8) is 0 Å². The van der Waals surface area contributed by atoms with Crippen molar-refractivity contribution in [3.05, 3.63) is 82.3 Å². The highest BCUT2D eigenvalue weighted by Gasteiger charge is 2.54. The zero-order valence-corrected chi connectivity index (χ0v) is 27.4. The summed E-state index contributed by atoms with van der Waals surface area (Å²) in [5.74, 6) is -11.5. The van der Waals surface area contributed by atoms with Crippen molar-refractivity contribution in [3.8, 4) is 11.5 Å². The van der Waals surface area contributed by atoms with Gasteiger partial charge in [0.25, 0.3) is 11.8 Å². The van der Waals surface area contributed by atoms with Gasteiger partial charge >= 0.3 is 17.5 Å². The molecule has 2 aliphatic heterocycles. The summed E-state index contributed by atoms with van der Waals surface area (Å²) in [4.78, 5) is 61.5. The molecule has 7 N–H and O–H groups in total. The van der Waals surface area contributed by atoms with E-state index >= 15 is 4.39 Å². The Labute approximate surface area is 287 Å². The summed E-state index contributed by atoms with van der Waals surface area (Å²) in [6, 6.07) is 2.92. The molecule has 4 heterocycles. The predicted molar refractivity (Wildman–Crippen MR) is 171 cm³/mol. The number of oxime groups is 1. The molecular weight excluding hydrogens is 711 g/mol. The summed E-state index contributed by atoms with van der Waals surface area (Å²) in [6.07, 6.45) is 9.51. The van der Waals surface area contributed by atoms with E-state index < -0.39 is 75.2 Å². The second-order valence-electron chi connectivity index (χ2n) is 10.2. The van der Waals surface area contributed by atoms with Crippen LogP contribution in [0.15, 0.2) is 69.4 Å². The molecule has 0 radical (unpaired) electrons. The molecule has 1 fully saturated rings. The maximum Gasteiger partial charge on any atom is 0.362 e. The second kappa shape index (κ2) is 14.1. The topological polar surface area (TPSA) is 229 Å². The number of thioether (sulfide) groups is 2. The third-order valence-corrected chi connectivity index (χ3v) is 10.0. The number of β-lactam (4-membered cyclic amide) rings is 1. The van der Waals surface area contributed by atoms with Crippen molar-refractivity contribution in [2.75, 3.05) is 17.7 Å². The molecular formula is C29H25F2N6O9S3+. The number of halogens is 2. The molecule has 0 saturated carbocycles. The first-order chi connectivity index (χ1) is 23.3. The van der Waals surface area contributed by atoms with Crippen molar-refractivity contribution in [1.29, 1.82) is 0 Å². The maximum atomic E-state index is 15.1. The lowest BCUT2D eigenvalue weighted by Crippen LogP contribution is -2.70. The van der Waals surface area contributed by atoms with Gasteiger partial charge in [0.15, 0.2) is 47.2 Å². The smallest absolute Gasteiger partial charge is 0.362 e. The number of aromatic hydroxyl groups is 2. The van der Waals surface area contributed by atoms with Gasteiger partial charge in [0.05, 0.1) is 5.56 Å². The third-order valence-electron chi connectivity index (χ3n) is 7.32. The van der Waals surface area contributed by atoms with E-state index in [0.29, 0.717) is 29.7 Å². The summed E-state index contributed by atoms with van der Waals surface area (Å²) >= 11 is 3.50. The first-order valence-corrected chi connectivity index (χ1v) is 16.9. The Hall–Kier alpha value is -5.21. The van der Waals surface area contributed by atoms with Crippen molar-refractivity contribution in [2.45, 2.75) is 28.5 Å². The molecule has 0 spiro atoms. The summed E-state index contributed by atoms with van der Waals surface area (Å²) in [6.45, 7) is 0.446. The number of carbonyl (C=O) groups excluding carboxylic acids is 2. The Balaban J connectivity index is 1.32. The molecule has 1 aromatic carbocycles. The number of pyridine rings is 1. The van der Waals surface area contributed by atoms with Crippen LogP contribution in [0, 0.1) is 11.6 Å². The largest absolute Gasteiger partial charge is 0.502 e. The number of carboxylic acid groups (broad SMARTS) is 2. The van der Waals surface area contributed by atoms with Crippen LogP contribution in [0.1, 0.15) is 11.3 Å². The molecule has 2 aromatic heterocycles. The van der Waals surface area contributed by atoms with Crippen LogP contribution in [0.4, 0.5) is 13.9 Å². The van der Waals surface area contributed by atoms with Gasteiger partial charge in [0.2, 0.25) is 0 Å². The van der Waals surface area contributed by atoms with Gasteiger partial charge in [-0.15, -0.1) is 34.9 Å². The number of fused-ring (bicyclic) bond motifs is 1. The number of aliphatic carboxylic acids is 2. The number of nitrogens with one attached hydrogen (secondary N) is 1.